The van der Waals surface area contributed by atoms with Crippen molar-refractivity contribution in [2.75, 3.05) is 20.0 Å². The molecule has 0 saturated heterocycles. The minimum absolute atomic E-state index is 0.424. The number of aromatic nitrogens is 2. The smallest absolute Gasteiger partial charge is 0.155 e. The summed E-state index contributed by atoms with van der Waals surface area (Å²) in [6.07, 6.45) is 1.46. The number of aliphatic hydroxyl groups is 1. The molecule has 19 heavy (non-hydrogen) atoms. The van der Waals surface area contributed by atoms with E-state index in [-0.39, 0.29) is 0 Å². The summed E-state index contributed by atoms with van der Waals surface area (Å²) < 4.78 is 29.4. The molecule has 6 nitrogen and oxygen atoms in total. The van der Waals surface area contributed by atoms with Gasteiger partial charge < -0.3 is 9.84 Å². The third kappa shape index (κ3) is 3.36. The molecule has 0 amide bonds. The maximum atomic E-state index is 11.8. The van der Waals surface area contributed by atoms with Gasteiger partial charge in [-0.1, -0.05) is 0 Å². The lowest BCUT2D eigenvalue weighted by Gasteiger charge is -2.29. The highest BCUT2D eigenvalue weighted by Gasteiger charge is 2.41. The Labute approximate surface area is 121 Å². The van der Waals surface area contributed by atoms with Crippen molar-refractivity contribution in [1.82, 2.24) is 9.78 Å². The van der Waals surface area contributed by atoms with Crippen LogP contribution in [-0.2, 0) is 21.1 Å². The van der Waals surface area contributed by atoms with E-state index in [2.05, 4.69) is 21.0 Å². The monoisotopic (exact) mass is 354 g/mol. The fourth-order valence-corrected chi connectivity index (χ4v) is 2.56. The van der Waals surface area contributed by atoms with Gasteiger partial charge in [0.05, 0.1) is 34.3 Å². The van der Waals surface area contributed by atoms with Crippen LogP contribution in [0.3, 0.4) is 0 Å². The first kappa shape index (κ1) is 16.6. The minimum Gasteiger partial charge on any atom is -0.385 e. The molecular formula is C11H19BrN2O4S. The fraction of sp³-hybridized carbons (Fsp3) is 0.727. The maximum Gasteiger partial charge on any atom is 0.155 e. The minimum atomic E-state index is -3.42. The first-order valence-electron chi connectivity index (χ1n) is 5.70. The summed E-state index contributed by atoms with van der Waals surface area (Å²) in [5.41, 5.74) is 0.437. The number of nitrogens with zero attached hydrogens (tertiary/aromatic N) is 2. The Bertz CT molecular complexity index is 539. The molecule has 1 rings (SSSR count). The summed E-state index contributed by atoms with van der Waals surface area (Å²) in [7, 11) is -1.86. The van der Waals surface area contributed by atoms with Gasteiger partial charge in [0.25, 0.3) is 0 Å². The van der Waals surface area contributed by atoms with Crippen LogP contribution in [0.1, 0.15) is 25.6 Å². The van der Waals surface area contributed by atoms with E-state index in [0.717, 1.165) is 6.26 Å². The van der Waals surface area contributed by atoms with Gasteiger partial charge in [-0.3, -0.25) is 4.68 Å². The largest absolute Gasteiger partial charge is 0.385 e. The second-order valence-corrected chi connectivity index (χ2v) is 8.32. The first-order valence-corrected chi connectivity index (χ1v) is 8.39. The van der Waals surface area contributed by atoms with E-state index < -0.39 is 20.7 Å². The van der Waals surface area contributed by atoms with Gasteiger partial charge in [-0.05, 0) is 29.8 Å². The van der Waals surface area contributed by atoms with Crippen molar-refractivity contribution in [3.05, 3.63) is 16.4 Å². The average molecular weight is 355 g/mol. The maximum absolute atomic E-state index is 11.8. The summed E-state index contributed by atoms with van der Waals surface area (Å²) >= 11 is 3.29. The molecular weight excluding hydrogens is 336 g/mol. The van der Waals surface area contributed by atoms with Crippen LogP contribution in [0.5, 0.6) is 0 Å². The third-order valence-corrected chi connectivity index (χ3v) is 5.96. The highest BCUT2D eigenvalue weighted by Crippen LogP contribution is 2.35. The van der Waals surface area contributed by atoms with Crippen LogP contribution in [0, 0.1) is 0 Å². The molecule has 1 aromatic rings. The quantitative estimate of drug-likeness (QED) is 0.828. The molecule has 0 bridgehead atoms. The molecule has 1 N–H and O–H groups in total. The first-order chi connectivity index (χ1) is 8.63. The van der Waals surface area contributed by atoms with E-state index in [0.29, 0.717) is 23.3 Å². The molecule has 0 saturated carbocycles. The Morgan fingerprint density at radius 2 is 2.16 bits per heavy atom. The number of hydrogen-bond acceptors (Lipinski definition) is 5. The summed E-state index contributed by atoms with van der Waals surface area (Å²) in [6, 6.07) is 0. The number of ether oxygens (including phenoxy) is 1. The molecule has 1 aromatic heterocycles. The van der Waals surface area contributed by atoms with E-state index in [9.17, 15) is 13.5 Å². The summed E-state index contributed by atoms with van der Waals surface area (Å²) in [5, 5.41) is 14.5. The number of halogens is 1. The van der Waals surface area contributed by atoms with Crippen LogP contribution in [-0.4, -0.2) is 48.0 Å². The number of sulfone groups is 1. The molecule has 0 aromatic carbocycles. The lowest BCUT2D eigenvalue weighted by atomic mass is 10.0. The number of aliphatic hydroxyl groups excluding tert-OH is 1. The van der Waals surface area contributed by atoms with Crippen molar-refractivity contribution < 1.29 is 18.3 Å². The third-order valence-electron chi connectivity index (χ3n) is 3.21. The van der Waals surface area contributed by atoms with E-state index in [1.165, 1.54) is 20.0 Å². The highest BCUT2D eigenvalue weighted by atomic mass is 79.9. The zero-order valence-corrected chi connectivity index (χ0v) is 13.8. The van der Waals surface area contributed by atoms with Gasteiger partial charge in [0.15, 0.2) is 9.84 Å². The van der Waals surface area contributed by atoms with Gasteiger partial charge in [0.2, 0.25) is 0 Å². The molecule has 8 heteroatoms. The Morgan fingerprint density at radius 3 is 2.63 bits per heavy atom. The predicted octanol–water partition coefficient (Wildman–Crippen LogP) is 1.15. The Kier molecular flexibility index (Phi) is 5.16. The normalized spacial score (nSPS) is 14.6. The van der Waals surface area contributed by atoms with Gasteiger partial charge in [-0.15, -0.1) is 0 Å². The second-order valence-electron chi connectivity index (χ2n) is 4.87. The SMILES string of the molecule is COCCn1ncc(Br)c1C(O)C(C)(C)S(C)(=O)=O. The van der Waals surface area contributed by atoms with Crippen LogP contribution in [0.2, 0.25) is 0 Å². The fourth-order valence-electron chi connectivity index (χ4n) is 1.53. The van der Waals surface area contributed by atoms with E-state index in [1.54, 1.807) is 11.8 Å². The van der Waals surface area contributed by atoms with Crippen LogP contribution >= 0.6 is 15.9 Å². The zero-order chi connectivity index (χ0) is 14.8. The average Bonchev–Trinajstić information content (AvgIpc) is 2.65. The summed E-state index contributed by atoms with van der Waals surface area (Å²) in [4.78, 5) is 0. The molecule has 0 aliphatic rings. The summed E-state index contributed by atoms with van der Waals surface area (Å²) in [5.74, 6) is 0. The van der Waals surface area contributed by atoms with Crippen molar-refractivity contribution in [2.45, 2.75) is 31.2 Å². The van der Waals surface area contributed by atoms with Crippen molar-refractivity contribution in [3.63, 3.8) is 0 Å². The van der Waals surface area contributed by atoms with E-state index in [1.807, 2.05) is 0 Å². The molecule has 0 aliphatic heterocycles. The van der Waals surface area contributed by atoms with E-state index in [4.69, 9.17) is 4.74 Å². The molecule has 0 fully saturated rings. The topological polar surface area (TPSA) is 81.4 Å². The van der Waals surface area contributed by atoms with E-state index >= 15 is 0 Å². The molecule has 0 radical (unpaired) electrons. The second kappa shape index (κ2) is 5.90. The van der Waals surface area contributed by atoms with Crippen molar-refractivity contribution >= 4 is 25.8 Å². The Hall–Kier alpha value is -0.440. The molecule has 0 spiro atoms. The number of hydrogen-bond donors (Lipinski definition) is 1. The van der Waals surface area contributed by atoms with Crippen molar-refractivity contribution in [3.8, 4) is 0 Å². The van der Waals surface area contributed by atoms with Crippen LogP contribution < -0.4 is 0 Å². The Balaban J connectivity index is 3.19. The molecule has 1 unspecified atom stereocenters. The Morgan fingerprint density at radius 1 is 1.58 bits per heavy atom. The molecule has 1 atom stereocenters. The van der Waals surface area contributed by atoms with Crippen LogP contribution in [0.15, 0.2) is 10.7 Å². The van der Waals surface area contributed by atoms with Crippen molar-refractivity contribution in [2.24, 2.45) is 0 Å². The predicted molar refractivity (Wildman–Crippen MR) is 75.7 cm³/mol. The summed E-state index contributed by atoms with van der Waals surface area (Å²) in [6.45, 7) is 3.85. The molecule has 110 valence electrons. The molecule has 1 heterocycles. The van der Waals surface area contributed by atoms with Gasteiger partial charge in [0.1, 0.15) is 6.10 Å². The zero-order valence-electron chi connectivity index (χ0n) is 11.4. The standard InChI is InChI=1S/C11H19BrN2O4S/c1-11(2,19(4,16)17)10(15)9-8(12)7-13-14(9)5-6-18-3/h7,10,15H,5-6H2,1-4H3. The number of rotatable bonds is 6. The highest BCUT2D eigenvalue weighted by molar-refractivity contribution is 9.10. The van der Waals surface area contributed by atoms with Gasteiger partial charge in [-0.25, -0.2) is 8.42 Å². The van der Waals surface area contributed by atoms with Crippen LogP contribution in [0.25, 0.3) is 0 Å². The number of methoxy groups -OCH3 is 1. The van der Waals surface area contributed by atoms with Crippen molar-refractivity contribution in [1.29, 1.82) is 0 Å². The van der Waals surface area contributed by atoms with Gasteiger partial charge >= 0.3 is 0 Å². The molecule has 0 aliphatic carbocycles. The van der Waals surface area contributed by atoms with Crippen LogP contribution in [0.4, 0.5) is 0 Å². The van der Waals surface area contributed by atoms with Gasteiger partial charge in [-0.2, -0.15) is 5.10 Å². The lowest BCUT2D eigenvalue weighted by molar-refractivity contribution is 0.123. The van der Waals surface area contributed by atoms with Gasteiger partial charge in [0, 0.05) is 13.4 Å². The lowest BCUT2D eigenvalue weighted by Crippen LogP contribution is -2.39.